The van der Waals surface area contributed by atoms with Gasteiger partial charge in [0.1, 0.15) is 5.82 Å². The summed E-state index contributed by atoms with van der Waals surface area (Å²) in [6.07, 6.45) is 4.45. The van der Waals surface area contributed by atoms with Gasteiger partial charge >= 0.3 is 5.97 Å². The number of hydrogen-bond acceptors (Lipinski definition) is 4. The summed E-state index contributed by atoms with van der Waals surface area (Å²) in [5, 5.41) is 11.7. The topological polar surface area (TPSA) is 101 Å². The Morgan fingerprint density at radius 3 is 2.63 bits per heavy atom. The molecule has 4 rings (SSSR count). The molecule has 0 aliphatic carbocycles. The van der Waals surface area contributed by atoms with Crippen LogP contribution in [0.4, 0.5) is 5.69 Å². The molecular formula is C23H19N3O4. The first kappa shape index (κ1) is 19.3. The van der Waals surface area contributed by atoms with Gasteiger partial charge in [-0.25, -0.2) is 9.78 Å². The number of aliphatic carboxylic acids is 1. The Morgan fingerprint density at radius 2 is 1.90 bits per heavy atom. The first-order valence-corrected chi connectivity index (χ1v) is 9.45. The molecule has 0 bridgehead atoms. The third kappa shape index (κ3) is 3.91. The van der Waals surface area contributed by atoms with Crippen LogP contribution in [0.2, 0.25) is 0 Å². The van der Waals surface area contributed by atoms with Gasteiger partial charge in [-0.2, -0.15) is 0 Å². The van der Waals surface area contributed by atoms with E-state index in [2.05, 4.69) is 10.3 Å². The number of amides is 1. The molecule has 0 unspecified atom stereocenters. The number of hydrogen-bond donors (Lipinski definition) is 2. The van der Waals surface area contributed by atoms with Crippen molar-refractivity contribution in [3.05, 3.63) is 81.9 Å². The van der Waals surface area contributed by atoms with Gasteiger partial charge in [-0.05, 0) is 48.8 Å². The van der Waals surface area contributed by atoms with Gasteiger partial charge < -0.3 is 10.4 Å². The standard InChI is InChI=1S/C23H19N3O4/c1-14-2-4-15(5-3-14)12-16-10-11-26-22(16)25-19-13-17(6-7-18(19)23(26)30)24-20(27)8-9-21(28)29/h2-9,12-13H,10-11H2,1H3,(H,24,27)(H,28,29)/b9-8-,16-12+. The molecule has 0 radical (unpaired) electrons. The molecule has 7 heteroatoms. The van der Waals surface area contributed by atoms with Crippen LogP contribution in [0.5, 0.6) is 0 Å². The highest BCUT2D eigenvalue weighted by atomic mass is 16.4. The Bertz CT molecular complexity index is 1280. The maximum absolute atomic E-state index is 12.9. The zero-order chi connectivity index (χ0) is 21.3. The van der Waals surface area contributed by atoms with Gasteiger partial charge in [0.25, 0.3) is 5.56 Å². The average Bonchev–Trinajstić information content (AvgIpc) is 3.11. The number of anilines is 1. The summed E-state index contributed by atoms with van der Waals surface area (Å²) in [4.78, 5) is 40.0. The first-order valence-electron chi connectivity index (χ1n) is 9.45. The predicted octanol–water partition coefficient (Wildman–Crippen LogP) is 3.23. The van der Waals surface area contributed by atoms with E-state index in [1.54, 1.807) is 22.8 Å². The molecule has 0 atom stereocenters. The summed E-state index contributed by atoms with van der Waals surface area (Å²) in [6.45, 7) is 2.61. The summed E-state index contributed by atoms with van der Waals surface area (Å²) < 4.78 is 1.68. The molecule has 1 aliphatic heterocycles. The van der Waals surface area contributed by atoms with Gasteiger partial charge in [-0.3, -0.25) is 14.2 Å². The molecule has 0 fully saturated rings. The van der Waals surface area contributed by atoms with Gasteiger partial charge in [-0.1, -0.05) is 29.8 Å². The van der Waals surface area contributed by atoms with Crippen LogP contribution in [0.3, 0.4) is 0 Å². The van der Waals surface area contributed by atoms with Crippen molar-refractivity contribution in [2.45, 2.75) is 19.9 Å². The van der Waals surface area contributed by atoms with E-state index in [1.165, 1.54) is 5.56 Å². The van der Waals surface area contributed by atoms with Crippen molar-refractivity contribution in [2.24, 2.45) is 0 Å². The second-order valence-corrected chi connectivity index (χ2v) is 7.12. The predicted molar refractivity (Wildman–Crippen MR) is 115 cm³/mol. The minimum Gasteiger partial charge on any atom is -0.478 e. The maximum Gasteiger partial charge on any atom is 0.328 e. The number of nitrogens with one attached hydrogen (secondary N) is 1. The lowest BCUT2D eigenvalue weighted by molar-refractivity contribution is -0.131. The lowest BCUT2D eigenvalue weighted by Gasteiger charge is -2.08. The molecule has 2 heterocycles. The first-order chi connectivity index (χ1) is 14.4. The number of fused-ring (bicyclic) bond motifs is 2. The average molecular weight is 401 g/mol. The van der Waals surface area contributed by atoms with E-state index < -0.39 is 11.9 Å². The number of carbonyl (C=O) groups is 2. The van der Waals surface area contributed by atoms with Crippen molar-refractivity contribution in [2.75, 3.05) is 5.32 Å². The zero-order valence-corrected chi connectivity index (χ0v) is 16.3. The van der Waals surface area contributed by atoms with Crippen LogP contribution in [-0.2, 0) is 16.1 Å². The number of carboxylic acids is 1. The van der Waals surface area contributed by atoms with Crippen LogP contribution >= 0.6 is 0 Å². The lowest BCUT2D eigenvalue weighted by atomic mass is 10.1. The van der Waals surface area contributed by atoms with E-state index in [9.17, 15) is 14.4 Å². The second-order valence-electron chi connectivity index (χ2n) is 7.12. The van der Waals surface area contributed by atoms with E-state index in [-0.39, 0.29) is 5.56 Å². The fourth-order valence-corrected chi connectivity index (χ4v) is 3.43. The molecule has 1 aliphatic rings. The van der Waals surface area contributed by atoms with E-state index >= 15 is 0 Å². The van der Waals surface area contributed by atoms with E-state index in [0.29, 0.717) is 29.0 Å². The fraction of sp³-hybridized carbons (Fsp3) is 0.130. The maximum atomic E-state index is 12.9. The number of rotatable bonds is 4. The van der Waals surface area contributed by atoms with Crippen LogP contribution in [0.25, 0.3) is 22.6 Å². The second kappa shape index (κ2) is 7.79. The smallest absolute Gasteiger partial charge is 0.328 e. The summed E-state index contributed by atoms with van der Waals surface area (Å²) in [6, 6.07) is 13.0. The summed E-state index contributed by atoms with van der Waals surface area (Å²) in [5.74, 6) is -1.15. The Kier molecular flexibility index (Phi) is 5.02. The molecule has 1 aromatic heterocycles. The summed E-state index contributed by atoms with van der Waals surface area (Å²) in [7, 11) is 0. The lowest BCUT2D eigenvalue weighted by Crippen LogP contribution is -2.21. The van der Waals surface area contributed by atoms with Gasteiger partial charge in [0.05, 0.1) is 10.9 Å². The van der Waals surface area contributed by atoms with Gasteiger partial charge in [0, 0.05) is 24.4 Å². The normalized spacial score (nSPS) is 14.4. The van der Waals surface area contributed by atoms with Gasteiger partial charge in [-0.15, -0.1) is 0 Å². The van der Waals surface area contributed by atoms with Crippen LogP contribution in [0, 0.1) is 6.92 Å². The molecule has 30 heavy (non-hydrogen) atoms. The van der Waals surface area contributed by atoms with E-state index in [4.69, 9.17) is 5.11 Å². The minimum absolute atomic E-state index is 0.119. The highest BCUT2D eigenvalue weighted by Crippen LogP contribution is 2.28. The quantitative estimate of drug-likeness (QED) is 0.654. The van der Waals surface area contributed by atoms with Crippen molar-refractivity contribution >= 4 is 40.1 Å². The summed E-state index contributed by atoms with van der Waals surface area (Å²) in [5.41, 5.74) is 3.99. The number of benzene rings is 2. The van der Waals surface area contributed by atoms with Gasteiger partial charge in [0.2, 0.25) is 5.91 Å². The number of aromatic nitrogens is 2. The SMILES string of the molecule is Cc1ccc(/C=C2\CCn3c2nc2cc(NC(=O)/C=C\C(=O)O)ccc2c3=O)cc1. The molecule has 0 saturated heterocycles. The van der Waals surface area contributed by atoms with Gasteiger partial charge in [0.15, 0.2) is 0 Å². The molecule has 7 nitrogen and oxygen atoms in total. The fourth-order valence-electron chi connectivity index (χ4n) is 3.43. The van der Waals surface area contributed by atoms with Crippen molar-refractivity contribution in [1.82, 2.24) is 9.55 Å². The number of nitrogens with zero attached hydrogens (tertiary/aromatic N) is 2. The van der Waals surface area contributed by atoms with Crippen molar-refractivity contribution < 1.29 is 14.7 Å². The molecule has 2 aromatic carbocycles. The van der Waals surface area contributed by atoms with Crippen molar-refractivity contribution in [3.8, 4) is 0 Å². The highest BCUT2D eigenvalue weighted by Gasteiger charge is 2.21. The van der Waals surface area contributed by atoms with Crippen LogP contribution in [0.15, 0.2) is 59.4 Å². The van der Waals surface area contributed by atoms with Crippen LogP contribution in [-0.4, -0.2) is 26.5 Å². The van der Waals surface area contributed by atoms with Crippen LogP contribution in [0.1, 0.15) is 23.4 Å². The molecule has 150 valence electrons. The summed E-state index contributed by atoms with van der Waals surface area (Å²) >= 11 is 0. The molecule has 1 amide bonds. The largest absolute Gasteiger partial charge is 0.478 e. The van der Waals surface area contributed by atoms with Crippen LogP contribution < -0.4 is 10.9 Å². The monoisotopic (exact) mass is 401 g/mol. The Hall–Kier alpha value is -4.00. The van der Waals surface area contributed by atoms with E-state index in [0.717, 1.165) is 29.7 Å². The Balaban J connectivity index is 1.71. The Labute approximate surface area is 172 Å². The third-order valence-corrected chi connectivity index (χ3v) is 4.91. The molecule has 2 N–H and O–H groups in total. The Morgan fingerprint density at radius 1 is 1.13 bits per heavy atom. The number of allylic oxidation sites excluding steroid dienone is 1. The zero-order valence-electron chi connectivity index (χ0n) is 16.3. The number of aryl methyl sites for hydroxylation is 1. The highest BCUT2D eigenvalue weighted by molar-refractivity contribution is 6.03. The van der Waals surface area contributed by atoms with Crippen molar-refractivity contribution in [3.63, 3.8) is 0 Å². The molecule has 0 spiro atoms. The molecule has 3 aromatic rings. The third-order valence-electron chi connectivity index (χ3n) is 4.91. The number of carboxylic acid groups (broad SMARTS) is 1. The van der Waals surface area contributed by atoms with Crippen molar-refractivity contribution in [1.29, 1.82) is 0 Å². The number of carbonyl (C=O) groups excluding carboxylic acids is 1. The minimum atomic E-state index is -1.21. The molecule has 0 saturated carbocycles. The molecular weight excluding hydrogens is 382 g/mol. The van der Waals surface area contributed by atoms with E-state index in [1.807, 2.05) is 37.3 Å².